The third-order valence-electron chi connectivity index (χ3n) is 0. The fraction of sp³-hybridized carbons (Fsp3) is 0. The molecule has 0 aromatic rings. The van der Waals surface area contributed by atoms with Crippen molar-refractivity contribution < 1.29 is 14.2 Å². The predicted molar refractivity (Wildman–Crippen MR) is 15.9 cm³/mol. The molecule has 0 aliphatic heterocycles. The zero-order valence-corrected chi connectivity index (χ0v) is 4.94. The molecule has 0 radical (unpaired) electrons. The Morgan fingerprint density at radius 3 is 1.50 bits per heavy atom. The van der Waals surface area contributed by atoms with Crippen LogP contribution in [0.5, 0.6) is 0 Å². The Morgan fingerprint density at radius 2 is 1.50 bits per heavy atom. The summed E-state index contributed by atoms with van der Waals surface area (Å²) in [5.74, 6) is 0. The van der Waals surface area contributed by atoms with Crippen LogP contribution in [0.2, 0.25) is 0 Å². The van der Waals surface area contributed by atoms with Crippen LogP contribution in [0, 0.1) is 0 Å². The molecule has 0 aromatic carbocycles. The van der Waals surface area contributed by atoms with Crippen molar-refractivity contribution in [2.24, 2.45) is 4.48 Å². The summed E-state index contributed by atoms with van der Waals surface area (Å²) < 4.78 is 4.79. The van der Waals surface area contributed by atoms with Gasteiger partial charge in [-0.25, -0.2) is 0 Å². The number of rotatable bonds is 0. The maximum absolute atomic E-state index is 4.96. The van der Waals surface area contributed by atoms with Crippen molar-refractivity contribution in [3.05, 3.63) is 0 Å². The van der Waals surface area contributed by atoms with E-state index in [1.807, 2.05) is 0 Å². The van der Waals surface area contributed by atoms with E-state index in [0.717, 1.165) is 0 Å². The molecule has 0 aromatic heterocycles. The molecular weight excluding hydrogens is 186 g/mol. The van der Waals surface area contributed by atoms with Gasteiger partial charge in [0, 0.05) is 0 Å². The Balaban J connectivity index is 2.32. The normalized spacial score (nSPS) is 11.2. The predicted octanol–water partition coefficient (Wildman–Crippen LogP) is 0.786. The SMILES string of the molecule is [NH2][Ru]([Cl])[Cl]. The monoisotopic (exact) mass is 188 g/mol. The molecule has 0 saturated carbocycles. The molecule has 0 amide bonds. The quantitative estimate of drug-likeness (QED) is 0.558. The summed E-state index contributed by atoms with van der Waals surface area (Å²) in [6.07, 6.45) is 0. The van der Waals surface area contributed by atoms with E-state index in [-0.39, 0.29) is 0 Å². The van der Waals surface area contributed by atoms with Crippen molar-refractivity contribution in [2.75, 3.05) is 0 Å². The van der Waals surface area contributed by atoms with E-state index in [1.165, 1.54) is 0 Å². The van der Waals surface area contributed by atoms with E-state index in [0.29, 0.717) is 0 Å². The van der Waals surface area contributed by atoms with Crippen LogP contribution in [0.15, 0.2) is 0 Å². The maximum atomic E-state index is 4.96. The Morgan fingerprint density at radius 1 is 1.50 bits per heavy atom. The first-order valence-corrected chi connectivity index (χ1v) is 5.95. The van der Waals surface area contributed by atoms with E-state index in [1.54, 1.807) is 0 Å². The Labute approximate surface area is 38.3 Å². The van der Waals surface area contributed by atoms with Crippen molar-refractivity contribution in [2.45, 2.75) is 0 Å². The van der Waals surface area contributed by atoms with Gasteiger partial charge in [-0.15, -0.1) is 0 Å². The van der Waals surface area contributed by atoms with Crippen molar-refractivity contribution in [1.82, 2.24) is 0 Å². The molecule has 0 heterocycles. The van der Waals surface area contributed by atoms with Gasteiger partial charge in [-0.3, -0.25) is 0 Å². The molecule has 0 unspecified atom stereocenters. The minimum atomic E-state index is -1.73. The molecule has 1 nitrogen and oxygen atoms in total. The fourth-order valence-corrected chi connectivity index (χ4v) is 0. The standard InChI is InChI=1S/2ClH.H2N.Ru/h2*1H;1H2;/q;;-1;+3/p-2. The zero-order valence-electron chi connectivity index (χ0n) is 1.69. The van der Waals surface area contributed by atoms with Crippen molar-refractivity contribution in [3.63, 3.8) is 0 Å². The molecule has 4 heavy (non-hydrogen) atoms. The van der Waals surface area contributed by atoms with Crippen molar-refractivity contribution >= 4 is 19.4 Å². The van der Waals surface area contributed by atoms with Crippen molar-refractivity contribution in [3.8, 4) is 0 Å². The van der Waals surface area contributed by atoms with Crippen LogP contribution in [0.25, 0.3) is 0 Å². The molecule has 29 valence electrons. The fourth-order valence-electron chi connectivity index (χ4n) is 0. The summed E-state index contributed by atoms with van der Waals surface area (Å²) in [5, 5.41) is 0. The zero-order chi connectivity index (χ0) is 3.58. The second-order valence-electron chi connectivity index (χ2n) is 0.205. The van der Waals surface area contributed by atoms with Gasteiger partial charge in [-0.2, -0.15) is 0 Å². The van der Waals surface area contributed by atoms with Gasteiger partial charge < -0.3 is 0 Å². The van der Waals surface area contributed by atoms with Crippen LogP contribution in [-0.4, -0.2) is 0 Å². The molecule has 0 atom stereocenters. The average molecular weight is 188 g/mol. The first-order chi connectivity index (χ1) is 1.73. The second kappa shape index (κ2) is 2.40. The topological polar surface area (TPSA) is 26.0 Å². The molecular formula is H2Cl2NRu. The van der Waals surface area contributed by atoms with Crippen LogP contribution in [0.4, 0.5) is 0 Å². The number of nitrogens with two attached hydrogens (primary N) is 1. The molecule has 0 saturated heterocycles. The van der Waals surface area contributed by atoms with E-state index in [4.69, 9.17) is 23.9 Å². The first-order valence-electron chi connectivity index (χ1n) is 0.471. The Kier molecular flexibility index (Phi) is 3.10. The van der Waals surface area contributed by atoms with Gasteiger partial charge in [0.15, 0.2) is 0 Å². The van der Waals surface area contributed by atoms with Gasteiger partial charge in [0.2, 0.25) is 0 Å². The third-order valence-corrected chi connectivity index (χ3v) is 0. The van der Waals surface area contributed by atoms with Crippen LogP contribution in [0.1, 0.15) is 0 Å². The number of hydrogen-bond acceptors (Lipinski definition) is 1. The molecule has 2 N–H and O–H groups in total. The third kappa shape index (κ3) is 10.9. The minimum absolute atomic E-state index is 1.73. The molecule has 0 spiro atoms. The summed E-state index contributed by atoms with van der Waals surface area (Å²) >= 11 is -1.73. The summed E-state index contributed by atoms with van der Waals surface area (Å²) in [7, 11) is 9.92. The van der Waals surface area contributed by atoms with Gasteiger partial charge in [-0.05, 0) is 0 Å². The van der Waals surface area contributed by atoms with E-state index >= 15 is 0 Å². The molecule has 4 heteroatoms. The van der Waals surface area contributed by atoms with E-state index in [9.17, 15) is 0 Å². The van der Waals surface area contributed by atoms with E-state index in [2.05, 4.69) is 0 Å². The van der Waals surface area contributed by atoms with Gasteiger partial charge in [0.25, 0.3) is 0 Å². The summed E-state index contributed by atoms with van der Waals surface area (Å²) in [5.41, 5.74) is 0. The molecule has 0 aliphatic rings. The molecule has 0 bridgehead atoms. The number of halogens is 2. The molecule has 0 aliphatic carbocycles. The molecule has 0 fully saturated rings. The second-order valence-corrected chi connectivity index (χ2v) is 5.43. The first kappa shape index (κ1) is 5.16. The summed E-state index contributed by atoms with van der Waals surface area (Å²) in [4.78, 5) is 0. The van der Waals surface area contributed by atoms with Gasteiger partial charge in [0.05, 0.1) is 0 Å². The van der Waals surface area contributed by atoms with Crippen LogP contribution in [0.3, 0.4) is 0 Å². The summed E-state index contributed by atoms with van der Waals surface area (Å²) in [6.45, 7) is 0. The van der Waals surface area contributed by atoms with Gasteiger partial charge >= 0.3 is 38.1 Å². The van der Waals surface area contributed by atoms with Crippen LogP contribution in [-0.2, 0) is 14.2 Å². The number of hydrogen-bond donors (Lipinski definition) is 1. The van der Waals surface area contributed by atoms with Gasteiger partial charge in [-0.1, -0.05) is 0 Å². The Bertz CT molecular complexity index is 10.8. The van der Waals surface area contributed by atoms with Crippen LogP contribution < -0.4 is 4.48 Å². The van der Waals surface area contributed by atoms with E-state index < -0.39 is 14.2 Å². The van der Waals surface area contributed by atoms with Gasteiger partial charge in [0.1, 0.15) is 0 Å². The van der Waals surface area contributed by atoms with Crippen LogP contribution >= 0.6 is 19.4 Å². The summed E-state index contributed by atoms with van der Waals surface area (Å²) in [6, 6.07) is 0. The Hall–Kier alpha value is 1.16. The van der Waals surface area contributed by atoms with Crippen molar-refractivity contribution in [1.29, 1.82) is 0 Å². The molecule has 0 rings (SSSR count). The average Bonchev–Trinajstić information content (AvgIpc) is 0.811.